The maximum Gasteiger partial charge on any atom is 0.238 e. The summed E-state index contributed by atoms with van der Waals surface area (Å²) in [5.74, 6) is 0.0918. The molecule has 0 spiro atoms. The molecule has 0 bridgehead atoms. The molecule has 2 N–H and O–H groups in total. The van der Waals surface area contributed by atoms with Crippen LogP contribution >= 0.6 is 11.8 Å². The van der Waals surface area contributed by atoms with Gasteiger partial charge >= 0.3 is 0 Å². The summed E-state index contributed by atoms with van der Waals surface area (Å²) in [5.41, 5.74) is 0.836. The summed E-state index contributed by atoms with van der Waals surface area (Å²) in [7, 11) is 0. The van der Waals surface area contributed by atoms with Crippen LogP contribution in [0.15, 0.2) is 29.2 Å². The Morgan fingerprint density at radius 2 is 1.72 bits per heavy atom. The van der Waals surface area contributed by atoms with E-state index in [1.54, 1.807) is 11.8 Å². The van der Waals surface area contributed by atoms with Gasteiger partial charge < -0.3 is 10.6 Å². The van der Waals surface area contributed by atoms with Crippen molar-refractivity contribution in [3.05, 3.63) is 24.3 Å². The highest BCUT2D eigenvalue weighted by molar-refractivity contribution is 7.98. The number of nitrogens with zero attached hydrogens (tertiary/aromatic N) is 2. The molecule has 0 aliphatic carbocycles. The van der Waals surface area contributed by atoms with Gasteiger partial charge in [0.25, 0.3) is 0 Å². The van der Waals surface area contributed by atoms with Crippen molar-refractivity contribution < 1.29 is 9.59 Å². The topological polar surface area (TPSA) is 64.7 Å². The van der Waals surface area contributed by atoms with Crippen LogP contribution in [-0.2, 0) is 9.59 Å². The number of anilines is 1. The second kappa shape index (κ2) is 10.4. The van der Waals surface area contributed by atoms with Crippen LogP contribution in [0.2, 0.25) is 0 Å². The maximum absolute atomic E-state index is 12.2. The molecular weight excluding hydrogens is 336 g/mol. The van der Waals surface area contributed by atoms with Gasteiger partial charge in [0, 0.05) is 43.3 Å². The number of nitrogens with one attached hydrogen (secondary N) is 2. The van der Waals surface area contributed by atoms with Crippen LogP contribution in [0, 0.1) is 0 Å². The van der Waals surface area contributed by atoms with E-state index in [0.717, 1.165) is 49.7 Å². The van der Waals surface area contributed by atoms with Crippen molar-refractivity contribution in [1.29, 1.82) is 0 Å². The molecule has 1 aromatic carbocycles. The van der Waals surface area contributed by atoms with Gasteiger partial charge in [0.2, 0.25) is 11.8 Å². The highest BCUT2D eigenvalue weighted by Gasteiger charge is 2.20. The first kappa shape index (κ1) is 19.8. The van der Waals surface area contributed by atoms with Crippen LogP contribution in [0.4, 0.5) is 5.69 Å². The predicted octanol–water partition coefficient (Wildman–Crippen LogP) is 1.49. The molecule has 0 saturated carbocycles. The fraction of sp³-hybridized carbons (Fsp3) is 0.556. The Kier molecular flexibility index (Phi) is 8.24. The van der Waals surface area contributed by atoms with Crippen molar-refractivity contribution in [2.24, 2.45) is 0 Å². The molecule has 2 amide bonds. The first-order chi connectivity index (χ1) is 12.1. The van der Waals surface area contributed by atoms with Crippen molar-refractivity contribution in [2.45, 2.75) is 18.2 Å². The lowest BCUT2D eigenvalue weighted by atomic mass is 10.3. The minimum Gasteiger partial charge on any atom is -0.355 e. The van der Waals surface area contributed by atoms with Crippen molar-refractivity contribution in [3.63, 3.8) is 0 Å². The van der Waals surface area contributed by atoms with Gasteiger partial charge in [-0.25, -0.2) is 0 Å². The van der Waals surface area contributed by atoms with Gasteiger partial charge in [-0.3, -0.25) is 19.4 Å². The lowest BCUT2D eigenvalue weighted by molar-refractivity contribution is -0.123. The number of carbonyl (C=O) groups excluding carboxylic acids is 2. The normalized spacial score (nSPS) is 15.8. The summed E-state index contributed by atoms with van der Waals surface area (Å²) < 4.78 is 0. The van der Waals surface area contributed by atoms with Gasteiger partial charge in [-0.2, -0.15) is 0 Å². The fourth-order valence-corrected chi connectivity index (χ4v) is 3.19. The van der Waals surface area contributed by atoms with Crippen LogP contribution in [0.5, 0.6) is 0 Å². The molecule has 7 heteroatoms. The zero-order valence-electron chi connectivity index (χ0n) is 15.1. The van der Waals surface area contributed by atoms with Gasteiger partial charge in [0.1, 0.15) is 0 Å². The SMILES string of the molecule is CCCNC(=O)CN1CCN(CC(=O)Nc2cccc(SC)c2)CC1. The second-order valence-electron chi connectivity index (χ2n) is 6.18. The average molecular weight is 365 g/mol. The second-order valence-corrected chi connectivity index (χ2v) is 7.06. The summed E-state index contributed by atoms with van der Waals surface area (Å²) in [6.07, 6.45) is 2.97. The molecule has 0 radical (unpaired) electrons. The molecule has 1 saturated heterocycles. The van der Waals surface area contributed by atoms with E-state index in [1.165, 1.54) is 0 Å². The lowest BCUT2D eigenvalue weighted by Gasteiger charge is -2.33. The Labute approximate surface area is 154 Å². The van der Waals surface area contributed by atoms with Crippen molar-refractivity contribution >= 4 is 29.3 Å². The van der Waals surface area contributed by atoms with E-state index in [-0.39, 0.29) is 11.8 Å². The third-order valence-corrected chi connectivity index (χ3v) is 4.85. The molecule has 0 unspecified atom stereocenters. The molecule has 2 rings (SSSR count). The van der Waals surface area contributed by atoms with Gasteiger partial charge in [-0.1, -0.05) is 13.0 Å². The van der Waals surface area contributed by atoms with Crippen molar-refractivity contribution in [1.82, 2.24) is 15.1 Å². The number of piperazine rings is 1. The van der Waals surface area contributed by atoms with Gasteiger partial charge in [-0.05, 0) is 30.9 Å². The van der Waals surface area contributed by atoms with Crippen molar-refractivity contribution in [3.8, 4) is 0 Å². The van der Waals surface area contributed by atoms with E-state index >= 15 is 0 Å². The molecular formula is C18H28N4O2S. The molecule has 1 aliphatic rings. The van der Waals surface area contributed by atoms with E-state index in [4.69, 9.17) is 0 Å². The van der Waals surface area contributed by atoms with E-state index < -0.39 is 0 Å². The summed E-state index contributed by atoms with van der Waals surface area (Å²) in [6, 6.07) is 7.86. The van der Waals surface area contributed by atoms with Gasteiger partial charge in [0.05, 0.1) is 13.1 Å². The molecule has 6 nitrogen and oxygen atoms in total. The highest BCUT2D eigenvalue weighted by Crippen LogP contribution is 2.18. The molecule has 0 atom stereocenters. The lowest BCUT2D eigenvalue weighted by Crippen LogP contribution is -2.51. The summed E-state index contributed by atoms with van der Waals surface area (Å²) in [4.78, 5) is 29.4. The Hall–Kier alpha value is -1.57. The van der Waals surface area contributed by atoms with Crippen molar-refractivity contribution in [2.75, 3.05) is 57.4 Å². The Morgan fingerprint density at radius 3 is 2.32 bits per heavy atom. The molecule has 138 valence electrons. The molecule has 25 heavy (non-hydrogen) atoms. The van der Waals surface area contributed by atoms with Crippen LogP contribution in [-0.4, -0.2) is 73.7 Å². The molecule has 1 fully saturated rings. The minimum absolute atomic E-state index is 0.00684. The molecule has 1 heterocycles. The first-order valence-electron chi connectivity index (χ1n) is 8.76. The zero-order chi connectivity index (χ0) is 18.1. The molecule has 0 aromatic heterocycles. The standard InChI is InChI=1S/C18H28N4O2S/c1-3-7-19-17(23)13-21-8-10-22(11-9-21)14-18(24)20-15-5-4-6-16(12-15)25-2/h4-6,12H,3,7-11,13-14H2,1-2H3,(H,19,23)(H,20,24). The number of hydrogen-bond donors (Lipinski definition) is 2. The summed E-state index contributed by atoms with van der Waals surface area (Å²) in [6.45, 7) is 6.85. The van der Waals surface area contributed by atoms with Crippen LogP contribution in [0.1, 0.15) is 13.3 Å². The first-order valence-corrected chi connectivity index (χ1v) is 9.98. The number of hydrogen-bond acceptors (Lipinski definition) is 5. The smallest absolute Gasteiger partial charge is 0.238 e. The molecule has 1 aliphatic heterocycles. The highest BCUT2D eigenvalue weighted by atomic mass is 32.2. The Bertz CT molecular complexity index is 574. The number of benzene rings is 1. The van der Waals surface area contributed by atoms with Crippen LogP contribution in [0.3, 0.4) is 0 Å². The number of thioether (sulfide) groups is 1. The summed E-state index contributed by atoms with van der Waals surface area (Å²) in [5, 5.41) is 5.86. The van der Waals surface area contributed by atoms with E-state index in [2.05, 4.69) is 20.4 Å². The number of amides is 2. The predicted molar refractivity (Wildman–Crippen MR) is 103 cm³/mol. The van der Waals surface area contributed by atoms with Gasteiger partial charge in [-0.15, -0.1) is 11.8 Å². The van der Waals surface area contributed by atoms with E-state index in [1.807, 2.05) is 37.4 Å². The van der Waals surface area contributed by atoms with Gasteiger partial charge in [0.15, 0.2) is 0 Å². The third kappa shape index (κ3) is 7.05. The average Bonchev–Trinajstić information content (AvgIpc) is 2.61. The largest absolute Gasteiger partial charge is 0.355 e. The van der Waals surface area contributed by atoms with Crippen LogP contribution in [0.25, 0.3) is 0 Å². The summed E-state index contributed by atoms with van der Waals surface area (Å²) >= 11 is 1.66. The monoisotopic (exact) mass is 364 g/mol. The number of rotatable bonds is 8. The van der Waals surface area contributed by atoms with E-state index in [0.29, 0.717) is 13.1 Å². The maximum atomic E-state index is 12.2. The number of carbonyl (C=O) groups is 2. The fourth-order valence-electron chi connectivity index (χ4n) is 2.73. The van der Waals surface area contributed by atoms with Crippen LogP contribution < -0.4 is 10.6 Å². The Morgan fingerprint density at radius 1 is 1.08 bits per heavy atom. The minimum atomic E-state index is 0.00684. The van der Waals surface area contributed by atoms with E-state index in [9.17, 15) is 9.59 Å². The molecule has 1 aromatic rings. The quantitative estimate of drug-likeness (QED) is 0.684. The third-order valence-electron chi connectivity index (χ3n) is 4.13. The zero-order valence-corrected chi connectivity index (χ0v) is 15.9. The Balaban J connectivity index is 1.70.